The molecule has 274 valence electrons. The summed E-state index contributed by atoms with van der Waals surface area (Å²) in [6.07, 6.45) is 3.61. The minimum atomic E-state index is -1.21. The molecule has 0 aliphatic heterocycles. The van der Waals surface area contributed by atoms with E-state index in [9.17, 15) is 24.9 Å². The van der Waals surface area contributed by atoms with Crippen molar-refractivity contribution in [2.24, 2.45) is 21.8 Å². The van der Waals surface area contributed by atoms with Crippen LogP contribution in [0, 0.1) is 30.0 Å². The van der Waals surface area contributed by atoms with Gasteiger partial charge in [0.05, 0.1) is 12.0 Å². The molecule has 2 atom stereocenters. The number of carbonyl (C=O) groups is 2. The number of benzene rings is 5. The first-order valence-corrected chi connectivity index (χ1v) is 16.8. The number of hydrogen-bond donors (Lipinski definition) is 2. The zero-order valence-electron chi connectivity index (χ0n) is 30.5. The van der Waals surface area contributed by atoms with Crippen LogP contribution in [0.25, 0.3) is 0 Å². The molecule has 0 amide bonds. The summed E-state index contributed by atoms with van der Waals surface area (Å²) < 4.78 is 0. The van der Waals surface area contributed by atoms with Crippen LogP contribution >= 0.6 is 0 Å². The van der Waals surface area contributed by atoms with Crippen LogP contribution in [0.2, 0.25) is 0 Å². The molecule has 0 aromatic heterocycles. The Morgan fingerprint density at radius 3 is 1.34 bits per heavy atom. The predicted molar refractivity (Wildman–Crippen MR) is 210 cm³/mol. The van der Waals surface area contributed by atoms with Gasteiger partial charge in [-0.2, -0.15) is 0 Å². The summed E-state index contributed by atoms with van der Waals surface area (Å²) >= 11 is 0. The SMILES string of the molecule is CC(C)CC(N=Cc1ccccc1O)C(=O)O.CC(C)CC(N=Cc1ccccc1[O-])C(=O)[O-].[Bi+2].[c]1ccccc1.[c]1ccccc1.[c]1ccccc1. The number of rotatable bonds is 10. The number of aliphatic imine (C=N–C) groups is 2. The largest absolute Gasteiger partial charge is 2.00 e. The van der Waals surface area contributed by atoms with Gasteiger partial charge in [0.1, 0.15) is 11.8 Å². The molecule has 0 aliphatic rings. The molecule has 5 rings (SSSR count). The summed E-state index contributed by atoms with van der Waals surface area (Å²) in [5.41, 5.74) is 0.921. The number of para-hydroxylation sites is 2. The number of aromatic hydroxyl groups is 1. The van der Waals surface area contributed by atoms with E-state index in [4.69, 9.17) is 5.11 Å². The second kappa shape index (κ2) is 30.5. The van der Waals surface area contributed by atoms with E-state index in [1.54, 1.807) is 42.5 Å². The van der Waals surface area contributed by atoms with Crippen molar-refractivity contribution in [1.82, 2.24) is 0 Å². The minimum Gasteiger partial charge on any atom is -0.872 e. The topological polar surface area (TPSA) is 145 Å². The minimum absolute atomic E-state index is 0. The number of aliphatic carboxylic acids is 2. The summed E-state index contributed by atoms with van der Waals surface area (Å²) in [7, 11) is 0. The van der Waals surface area contributed by atoms with E-state index in [-0.39, 0.29) is 49.5 Å². The Hall–Kier alpha value is -5.14. The van der Waals surface area contributed by atoms with Gasteiger partial charge in [-0.05, 0) is 60.6 Å². The third-order valence-electron chi connectivity index (χ3n) is 6.41. The molecule has 5 aromatic rings. The Kier molecular flexibility index (Phi) is 27.5. The van der Waals surface area contributed by atoms with Crippen molar-refractivity contribution in [2.45, 2.75) is 52.6 Å². The molecule has 0 fully saturated rings. The van der Waals surface area contributed by atoms with Gasteiger partial charge in [-0.25, -0.2) is 4.79 Å². The zero-order chi connectivity index (χ0) is 38.4. The number of phenolic OH excluding ortho intramolecular Hbond substituents is 1. The molecule has 0 saturated carbocycles. The maximum absolute atomic E-state index is 11.4. The Morgan fingerprint density at radius 1 is 0.623 bits per heavy atom. The third-order valence-corrected chi connectivity index (χ3v) is 6.41. The quantitative estimate of drug-likeness (QED) is 0.118. The third kappa shape index (κ3) is 25.5. The first kappa shape index (κ1) is 47.9. The second-order valence-electron chi connectivity index (χ2n) is 11.8. The zero-order valence-corrected chi connectivity index (χ0v) is 34.0. The van der Waals surface area contributed by atoms with Crippen LogP contribution in [0.3, 0.4) is 0 Å². The van der Waals surface area contributed by atoms with Gasteiger partial charge < -0.3 is 25.2 Å². The van der Waals surface area contributed by atoms with Crippen molar-refractivity contribution in [3.63, 3.8) is 0 Å². The van der Waals surface area contributed by atoms with E-state index in [0.717, 1.165) is 0 Å². The fourth-order valence-electron chi connectivity index (χ4n) is 3.89. The van der Waals surface area contributed by atoms with Crippen molar-refractivity contribution in [3.8, 4) is 11.5 Å². The van der Waals surface area contributed by atoms with Crippen LogP contribution in [0.15, 0.2) is 150 Å². The van der Waals surface area contributed by atoms with E-state index in [1.165, 1.54) is 18.5 Å². The molecule has 53 heavy (non-hydrogen) atoms. The second-order valence-corrected chi connectivity index (χ2v) is 11.8. The van der Waals surface area contributed by atoms with E-state index in [0.29, 0.717) is 24.0 Å². The van der Waals surface area contributed by atoms with Gasteiger partial charge in [-0.1, -0.05) is 155 Å². The molecular formula is C44H47BiN2O6. The maximum atomic E-state index is 11.4. The number of phenols is 1. The van der Waals surface area contributed by atoms with Crippen molar-refractivity contribution in [2.75, 3.05) is 0 Å². The standard InChI is InChI=1S/2C13H17NO3.3C6H5.Bi/c2*1-9(2)7-11(13(16)17)14-8-10-5-3-4-6-12(10)15;3*1-2-4-6-5-3-1;/h2*3-6,8-9,11,15H,7H2,1-2H3,(H,16,17);3*1-5H;/q;;;;;+2/p-2. The normalized spacial score (nSPS) is 11.1. The fourth-order valence-corrected chi connectivity index (χ4v) is 3.89. The molecule has 0 saturated heterocycles. The van der Waals surface area contributed by atoms with E-state index >= 15 is 0 Å². The molecule has 0 spiro atoms. The van der Waals surface area contributed by atoms with Gasteiger partial charge >= 0.3 is 32.2 Å². The van der Waals surface area contributed by atoms with Crippen LogP contribution < -0.4 is 10.2 Å². The van der Waals surface area contributed by atoms with E-state index in [2.05, 4.69) is 28.2 Å². The van der Waals surface area contributed by atoms with Crippen LogP contribution in [0.4, 0.5) is 0 Å². The molecule has 9 heteroatoms. The Morgan fingerprint density at radius 2 is 1.00 bits per heavy atom. The molecule has 6 radical (unpaired) electrons. The molecular weight excluding hydrogens is 861 g/mol. The van der Waals surface area contributed by atoms with Crippen molar-refractivity contribution >= 4 is 50.6 Å². The Labute approximate surface area is 333 Å². The van der Waals surface area contributed by atoms with Gasteiger partial charge in [0.25, 0.3) is 0 Å². The summed E-state index contributed by atoms with van der Waals surface area (Å²) in [5, 5.41) is 40.7. The van der Waals surface area contributed by atoms with E-state index in [1.807, 2.05) is 119 Å². The van der Waals surface area contributed by atoms with Gasteiger partial charge in [0, 0.05) is 18.0 Å². The number of carboxylic acid groups (broad SMARTS) is 2. The van der Waals surface area contributed by atoms with Gasteiger partial charge in [-0.15, -0.1) is 5.75 Å². The Bertz CT molecular complexity index is 1450. The first-order chi connectivity index (χ1) is 25.0. The fraction of sp³-hybridized carbons (Fsp3) is 0.227. The first-order valence-electron chi connectivity index (χ1n) is 16.8. The monoisotopic (exact) mass is 908 g/mol. The summed E-state index contributed by atoms with van der Waals surface area (Å²) in [6.45, 7) is 7.72. The van der Waals surface area contributed by atoms with Crippen LogP contribution in [-0.2, 0) is 9.59 Å². The van der Waals surface area contributed by atoms with Crippen molar-refractivity contribution < 1.29 is 30.0 Å². The van der Waals surface area contributed by atoms with Crippen LogP contribution in [0.1, 0.15) is 51.7 Å². The van der Waals surface area contributed by atoms with Crippen molar-refractivity contribution in [1.29, 1.82) is 0 Å². The number of carboxylic acids is 2. The van der Waals surface area contributed by atoms with Crippen molar-refractivity contribution in [3.05, 3.63) is 169 Å². The number of carbonyl (C=O) groups excluding carboxylic acids is 1. The van der Waals surface area contributed by atoms with Gasteiger partial charge in [-0.3, -0.25) is 9.98 Å². The van der Waals surface area contributed by atoms with E-state index < -0.39 is 24.0 Å². The summed E-state index contributed by atoms with van der Waals surface area (Å²) in [5.74, 6) is -1.75. The average Bonchev–Trinajstić information content (AvgIpc) is 3.16. The summed E-state index contributed by atoms with van der Waals surface area (Å²) in [6, 6.07) is 48.9. The molecule has 0 bridgehead atoms. The average molecular weight is 909 g/mol. The molecule has 8 nitrogen and oxygen atoms in total. The molecule has 2 N–H and O–H groups in total. The predicted octanol–water partition coefficient (Wildman–Crippen LogP) is 6.73. The van der Waals surface area contributed by atoms with Crippen LogP contribution in [0.5, 0.6) is 11.5 Å². The number of nitrogens with zero attached hydrogens (tertiary/aromatic N) is 2. The number of hydrogen-bond acceptors (Lipinski definition) is 7. The smallest absolute Gasteiger partial charge is 0.872 e. The van der Waals surface area contributed by atoms with Gasteiger partial charge in [0.2, 0.25) is 0 Å². The summed E-state index contributed by atoms with van der Waals surface area (Å²) in [4.78, 5) is 29.7. The molecule has 2 unspecified atom stereocenters. The molecule has 0 heterocycles. The maximum Gasteiger partial charge on any atom is 2.00 e. The molecule has 5 aromatic carbocycles. The van der Waals surface area contributed by atoms with Crippen LogP contribution in [-0.4, -0.2) is 72.9 Å². The molecule has 0 aliphatic carbocycles. The Balaban J connectivity index is 0.000000690. The van der Waals surface area contributed by atoms with Gasteiger partial charge in [0.15, 0.2) is 0 Å².